The van der Waals surface area contributed by atoms with E-state index < -0.39 is 11.7 Å². The fourth-order valence-electron chi connectivity index (χ4n) is 1.08. The Morgan fingerprint density at radius 1 is 1.27 bits per heavy atom. The zero-order valence-electron chi connectivity index (χ0n) is 6.77. The van der Waals surface area contributed by atoms with Gasteiger partial charge in [0.15, 0.2) is 0 Å². The first-order valence-corrected chi connectivity index (χ1v) is 6.19. The predicted molar refractivity (Wildman–Crippen MR) is 62.8 cm³/mol. The fraction of sp³-hybridized carbons (Fsp3) is 0.143. The Hall–Kier alpha value is 0.0400. The van der Waals surface area contributed by atoms with E-state index in [1.807, 2.05) is 0 Å². The molecule has 2 aromatic rings. The quantitative estimate of drug-likeness (QED) is 0.614. The van der Waals surface area contributed by atoms with Gasteiger partial charge in [-0.1, -0.05) is 0 Å². The van der Waals surface area contributed by atoms with Gasteiger partial charge in [-0.05, 0) is 44.6 Å². The summed E-state index contributed by atoms with van der Waals surface area (Å²) in [5.41, 5.74) is 0.0786. The van der Waals surface area contributed by atoms with Gasteiger partial charge in [-0.25, -0.2) is 0 Å². The number of alkyl halides is 3. The molecule has 0 aliphatic rings. The summed E-state index contributed by atoms with van der Waals surface area (Å²) < 4.78 is 45.9. The van der Waals surface area contributed by atoms with Crippen molar-refractivity contribution < 1.29 is 13.2 Å². The molecule has 0 spiro atoms. The SMILES string of the molecule is FC(F)(F)c1cc(Br)c2nsnc2c1I. The average molecular weight is 409 g/mol. The van der Waals surface area contributed by atoms with Crippen LogP contribution in [-0.4, -0.2) is 8.75 Å². The van der Waals surface area contributed by atoms with Crippen molar-refractivity contribution in [3.05, 3.63) is 19.7 Å². The van der Waals surface area contributed by atoms with Gasteiger partial charge in [0.1, 0.15) is 11.0 Å². The molecule has 0 bridgehead atoms. The summed E-state index contributed by atoms with van der Waals surface area (Å²) in [7, 11) is 0. The maximum atomic E-state index is 12.6. The van der Waals surface area contributed by atoms with Crippen LogP contribution in [0, 0.1) is 3.57 Å². The summed E-state index contributed by atoms with van der Waals surface area (Å²) >= 11 is 5.59. The van der Waals surface area contributed by atoms with Crippen LogP contribution in [-0.2, 0) is 6.18 Å². The van der Waals surface area contributed by atoms with Gasteiger partial charge in [0.05, 0.1) is 20.9 Å². The van der Waals surface area contributed by atoms with Crippen molar-refractivity contribution in [3.8, 4) is 0 Å². The van der Waals surface area contributed by atoms with Gasteiger partial charge in [0.25, 0.3) is 0 Å². The summed E-state index contributed by atoms with van der Waals surface area (Å²) in [6, 6.07) is 1.03. The number of rotatable bonds is 0. The number of nitrogens with zero attached hydrogens (tertiary/aromatic N) is 2. The molecule has 0 saturated carbocycles. The van der Waals surface area contributed by atoms with Crippen molar-refractivity contribution in [2.24, 2.45) is 0 Å². The standard InChI is InChI=1S/C7HBrF3IN2S/c8-3-1-2(7(9,10)11)4(12)6-5(3)13-15-14-6/h1H. The smallest absolute Gasteiger partial charge is 0.172 e. The summed E-state index contributed by atoms with van der Waals surface area (Å²) in [5, 5.41) is 0. The molecule has 0 aliphatic carbocycles. The number of hydrogen-bond donors (Lipinski definition) is 0. The molecular formula is C7HBrF3IN2S. The Morgan fingerprint density at radius 3 is 2.47 bits per heavy atom. The normalized spacial score (nSPS) is 12.3. The van der Waals surface area contributed by atoms with Gasteiger partial charge >= 0.3 is 6.18 Å². The molecule has 8 heteroatoms. The molecule has 15 heavy (non-hydrogen) atoms. The van der Waals surface area contributed by atoms with Crippen LogP contribution < -0.4 is 0 Å². The molecule has 80 valence electrons. The molecular weight excluding hydrogens is 408 g/mol. The van der Waals surface area contributed by atoms with Crippen LogP contribution in [0.25, 0.3) is 11.0 Å². The highest BCUT2D eigenvalue weighted by Crippen LogP contribution is 2.38. The molecule has 0 fully saturated rings. The van der Waals surface area contributed by atoms with Crippen LogP contribution in [0.5, 0.6) is 0 Å². The van der Waals surface area contributed by atoms with Gasteiger partial charge in [0.2, 0.25) is 0 Å². The second-order valence-corrected chi connectivity index (χ2v) is 5.14. The van der Waals surface area contributed by atoms with Crippen molar-refractivity contribution in [2.45, 2.75) is 6.18 Å². The Balaban J connectivity index is 2.83. The van der Waals surface area contributed by atoms with E-state index in [1.165, 1.54) is 0 Å². The highest BCUT2D eigenvalue weighted by Gasteiger charge is 2.35. The maximum Gasteiger partial charge on any atom is 0.417 e. The number of hydrogen-bond acceptors (Lipinski definition) is 3. The van der Waals surface area contributed by atoms with E-state index in [9.17, 15) is 13.2 Å². The lowest BCUT2D eigenvalue weighted by molar-refractivity contribution is -0.138. The van der Waals surface area contributed by atoms with Crippen LogP contribution in [0.4, 0.5) is 13.2 Å². The van der Waals surface area contributed by atoms with Crippen LogP contribution in [0.1, 0.15) is 5.56 Å². The molecule has 0 radical (unpaired) electrons. The molecule has 0 saturated heterocycles. The largest absolute Gasteiger partial charge is 0.417 e. The van der Waals surface area contributed by atoms with E-state index in [0.717, 1.165) is 17.8 Å². The minimum absolute atomic E-state index is 0.0899. The molecule has 1 aromatic heterocycles. The van der Waals surface area contributed by atoms with Gasteiger partial charge in [0, 0.05) is 4.47 Å². The molecule has 1 aromatic carbocycles. The van der Waals surface area contributed by atoms with Gasteiger partial charge in [-0.2, -0.15) is 21.9 Å². The number of aromatic nitrogens is 2. The predicted octanol–water partition coefficient (Wildman–Crippen LogP) is 4.08. The van der Waals surface area contributed by atoms with Gasteiger partial charge < -0.3 is 0 Å². The summed E-state index contributed by atoms with van der Waals surface area (Å²) in [4.78, 5) is 0. The van der Waals surface area contributed by atoms with E-state index in [4.69, 9.17) is 0 Å². The minimum Gasteiger partial charge on any atom is -0.172 e. The van der Waals surface area contributed by atoms with Crippen LogP contribution >= 0.6 is 50.2 Å². The lowest BCUT2D eigenvalue weighted by Gasteiger charge is -2.09. The summed E-state index contributed by atoms with van der Waals surface area (Å²) in [6.45, 7) is 0. The van der Waals surface area contributed by atoms with E-state index in [-0.39, 0.29) is 3.57 Å². The molecule has 0 unspecified atom stereocenters. The Morgan fingerprint density at radius 2 is 1.87 bits per heavy atom. The maximum absolute atomic E-state index is 12.6. The van der Waals surface area contributed by atoms with Crippen molar-refractivity contribution >= 4 is 61.3 Å². The number of fused-ring (bicyclic) bond motifs is 1. The molecule has 0 N–H and O–H groups in total. The van der Waals surface area contributed by atoms with Crippen LogP contribution in [0.15, 0.2) is 10.5 Å². The van der Waals surface area contributed by atoms with Gasteiger partial charge in [-0.3, -0.25) is 0 Å². The van der Waals surface area contributed by atoms with Crippen molar-refractivity contribution in [2.75, 3.05) is 0 Å². The average Bonchev–Trinajstić information content (AvgIpc) is 2.58. The fourth-order valence-corrected chi connectivity index (χ4v) is 3.27. The topological polar surface area (TPSA) is 25.8 Å². The zero-order chi connectivity index (χ0) is 11.2. The Bertz CT molecular complexity index is 525. The van der Waals surface area contributed by atoms with Crippen LogP contribution in [0.3, 0.4) is 0 Å². The first kappa shape index (κ1) is 11.5. The monoisotopic (exact) mass is 408 g/mol. The highest BCUT2D eigenvalue weighted by atomic mass is 127. The second kappa shape index (κ2) is 3.81. The van der Waals surface area contributed by atoms with Crippen LogP contribution in [0.2, 0.25) is 0 Å². The van der Waals surface area contributed by atoms with E-state index in [0.29, 0.717) is 15.5 Å². The summed E-state index contributed by atoms with van der Waals surface area (Å²) in [6.07, 6.45) is -4.36. The third kappa shape index (κ3) is 1.98. The molecule has 2 nitrogen and oxygen atoms in total. The minimum atomic E-state index is -4.36. The molecule has 1 heterocycles. The zero-order valence-corrected chi connectivity index (χ0v) is 11.3. The second-order valence-electron chi connectivity index (χ2n) is 2.68. The Labute approximate surface area is 108 Å². The van der Waals surface area contributed by atoms with E-state index >= 15 is 0 Å². The molecule has 0 atom stereocenters. The van der Waals surface area contributed by atoms with Crippen molar-refractivity contribution in [1.82, 2.24) is 8.75 Å². The van der Waals surface area contributed by atoms with E-state index in [2.05, 4.69) is 24.7 Å². The molecule has 0 amide bonds. The molecule has 2 rings (SSSR count). The Kier molecular flexibility index (Phi) is 2.93. The van der Waals surface area contributed by atoms with Crippen molar-refractivity contribution in [3.63, 3.8) is 0 Å². The van der Waals surface area contributed by atoms with E-state index in [1.54, 1.807) is 22.6 Å². The van der Waals surface area contributed by atoms with Crippen molar-refractivity contribution in [1.29, 1.82) is 0 Å². The third-order valence-corrected chi connectivity index (χ3v) is 3.96. The summed E-state index contributed by atoms with van der Waals surface area (Å²) in [5.74, 6) is 0. The molecule has 0 aliphatic heterocycles. The first-order chi connectivity index (χ1) is 6.91. The number of benzene rings is 1. The number of halogens is 5. The highest BCUT2D eigenvalue weighted by molar-refractivity contribution is 14.1. The first-order valence-electron chi connectivity index (χ1n) is 3.58. The lowest BCUT2D eigenvalue weighted by atomic mass is 10.2. The lowest BCUT2D eigenvalue weighted by Crippen LogP contribution is -2.08. The third-order valence-electron chi connectivity index (χ3n) is 1.74. The van der Waals surface area contributed by atoms with Gasteiger partial charge in [-0.15, -0.1) is 0 Å².